The quantitative estimate of drug-likeness (QED) is 0.787. The minimum atomic E-state index is -0.561. The average molecular weight is 250 g/mol. The summed E-state index contributed by atoms with van der Waals surface area (Å²) in [6.45, 7) is 3.23. The first-order valence-corrected chi connectivity index (χ1v) is 5.66. The third kappa shape index (κ3) is 2.14. The maximum Gasteiger partial charge on any atom is 0.278 e. The lowest BCUT2D eigenvalue weighted by molar-refractivity contribution is 0.138. The highest BCUT2D eigenvalue weighted by Gasteiger charge is 2.09. The van der Waals surface area contributed by atoms with E-state index in [-0.39, 0.29) is 5.52 Å². The lowest BCUT2D eigenvalue weighted by Gasteiger charge is -2.08. The Kier molecular flexibility index (Phi) is 3.47. The molecule has 0 saturated carbocycles. The second-order valence-electron chi connectivity index (χ2n) is 3.78. The van der Waals surface area contributed by atoms with Gasteiger partial charge >= 0.3 is 0 Å². The third-order valence-electron chi connectivity index (χ3n) is 2.65. The van der Waals surface area contributed by atoms with E-state index in [1.807, 2.05) is 6.92 Å². The van der Waals surface area contributed by atoms with E-state index in [9.17, 15) is 14.7 Å². The SMILES string of the molecule is CCOCCn1ccn2ccc(=O)c(O)c2c1=O. The zero-order valence-corrected chi connectivity index (χ0v) is 10.00. The molecule has 6 heteroatoms. The fourth-order valence-corrected chi connectivity index (χ4v) is 1.72. The van der Waals surface area contributed by atoms with Crippen LogP contribution in [0.2, 0.25) is 0 Å². The van der Waals surface area contributed by atoms with Crippen molar-refractivity contribution in [2.45, 2.75) is 13.5 Å². The number of hydrogen-bond acceptors (Lipinski definition) is 4. The number of fused-ring (bicyclic) bond motifs is 1. The summed E-state index contributed by atoms with van der Waals surface area (Å²) in [5.41, 5.74) is -0.983. The molecule has 2 heterocycles. The normalized spacial score (nSPS) is 10.9. The Morgan fingerprint density at radius 3 is 2.78 bits per heavy atom. The first-order chi connectivity index (χ1) is 8.65. The summed E-state index contributed by atoms with van der Waals surface area (Å²) >= 11 is 0. The van der Waals surface area contributed by atoms with Crippen LogP contribution in [0.25, 0.3) is 5.52 Å². The third-order valence-corrected chi connectivity index (χ3v) is 2.65. The van der Waals surface area contributed by atoms with Crippen molar-refractivity contribution in [2.75, 3.05) is 13.2 Å². The van der Waals surface area contributed by atoms with E-state index in [1.54, 1.807) is 12.4 Å². The van der Waals surface area contributed by atoms with E-state index >= 15 is 0 Å². The van der Waals surface area contributed by atoms with Gasteiger partial charge < -0.3 is 18.8 Å². The van der Waals surface area contributed by atoms with Gasteiger partial charge in [-0.15, -0.1) is 0 Å². The highest BCUT2D eigenvalue weighted by Crippen LogP contribution is 2.07. The van der Waals surface area contributed by atoms with E-state index in [2.05, 4.69) is 0 Å². The number of pyridine rings is 1. The van der Waals surface area contributed by atoms with Gasteiger partial charge in [-0.25, -0.2) is 0 Å². The largest absolute Gasteiger partial charge is 0.503 e. The summed E-state index contributed by atoms with van der Waals surface area (Å²) < 4.78 is 8.00. The minimum Gasteiger partial charge on any atom is -0.503 e. The van der Waals surface area contributed by atoms with Crippen molar-refractivity contribution >= 4 is 5.52 Å². The summed E-state index contributed by atoms with van der Waals surface area (Å²) in [7, 11) is 0. The average Bonchev–Trinajstić information content (AvgIpc) is 2.36. The van der Waals surface area contributed by atoms with Crippen molar-refractivity contribution in [3.05, 3.63) is 45.2 Å². The lowest BCUT2D eigenvalue weighted by atomic mass is 10.3. The Balaban J connectivity index is 2.53. The molecule has 2 aromatic heterocycles. The van der Waals surface area contributed by atoms with Gasteiger partial charge in [-0.05, 0) is 6.92 Å². The van der Waals surface area contributed by atoms with Crippen LogP contribution in [0.4, 0.5) is 0 Å². The van der Waals surface area contributed by atoms with Crippen molar-refractivity contribution in [2.24, 2.45) is 0 Å². The van der Waals surface area contributed by atoms with Crippen molar-refractivity contribution < 1.29 is 9.84 Å². The van der Waals surface area contributed by atoms with Gasteiger partial charge in [0.2, 0.25) is 5.43 Å². The molecule has 0 amide bonds. The van der Waals surface area contributed by atoms with Crippen LogP contribution in [0.1, 0.15) is 6.92 Å². The standard InChI is InChI=1S/C12H14N2O4/c1-2-18-8-7-14-6-5-13-4-3-9(15)11(16)10(13)12(14)17/h3-6,16H,2,7-8H2,1H3. The summed E-state index contributed by atoms with van der Waals surface area (Å²) in [6.07, 6.45) is 4.66. The lowest BCUT2D eigenvalue weighted by Crippen LogP contribution is -2.25. The van der Waals surface area contributed by atoms with Gasteiger partial charge in [0.1, 0.15) is 0 Å². The zero-order valence-electron chi connectivity index (χ0n) is 10.00. The maximum atomic E-state index is 12.1. The zero-order chi connectivity index (χ0) is 13.1. The molecule has 18 heavy (non-hydrogen) atoms. The smallest absolute Gasteiger partial charge is 0.278 e. The van der Waals surface area contributed by atoms with Crippen LogP contribution < -0.4 is 11.0 Å². The van der Waals surface area contributed by atoms with E-state index in [0.717, 1.165) is 0 Å². The molecule has 2 rings (SSSR count). The van der Waals surface area contributed by atoms with E-state index in [4.69, 9.17) is 4.74 Å². The molecular weight excluding hydrogens is 236 g/mol. The maximum absolute atomic E-state index is 12.1. The van der Waals surface area contributed by atoms with Gasteiger partial charge in [0, 0.05) is 37.8 Å². The molecule has 0 aliphatic carbocycles. The van der Waals surface area contributed by atoms with Gasteiger partial charge in [-0.3, -0.25) is 9.59 Å². The number of aromatic hydroxyl groups is 1. The van der Waals surface area contributed by atoms with Crippen LogP contribution in [0.5, 0.6) is 5.75 Å². The molecule has 2 aromatic rings. The molecule has 0 fully saturated rings. The number of hydrogen-bond donors (Lipinski definition) is 1. The molecular formula is C12H14N2O4. The molecule has 0 unspecified atom stereocenters. The van der Waals surface area contributed by atoms with Crippen LogP contribution in [0.3, 0.4) is 0 Å². The van der Waals surface area contributed by atoms with Crippen LogP contribution in [-0.4, -0.2) is 27.3 Å². The highest BCUT2D eigenvalue weighted by atomic mass is 16.5. The Morgan fingerprint density at radius 2 is 2.06 bits per heavy atom. The Hall–Kier alpha value is -2.08. The van der Waals surface area contributed by atoms with Gasteiger partial charge in [0.25, 0.3) is 5.56 Å². The molecule has 0 aliphatic rings. The fourth-order valence-electron chi connectivity index (χ4n) is 1.72. The van der Waals surface area contributed by atoms with Crippen LogP contribution in [0, 0.1) is 0 Å². The molecule has 0 aliphatic heterocycles. The number of ether oxygens (including phenoxy) is 1. The van der Waals surface area contributed by atoms with Gasteiger partial charge in [-0.1, -0.05) is 0 Å². The minimum absolute atomic E-state index is 0.0125. The second kappa shape index (κ2) is 5.05. The molecule has 0 spiro atoms. The van der Waals surface area contributed by atoms with Gasteiger partial charge in [0.05, 0.1) is 6.61 Å². The summed E-state index contributed by atoms with van der Waals surface area (Å²) in [6, 6.07) is 1.21. The first kappa shape index (κ1) is 12.4. The number of nitrogens with zero attached hydrogens (tertiary/aromatic N) is 2. The predicted molar refractivity (Wildman–Crippen MR) is 66.1 cm³/mol. The van der Waals surface area contributed by atoms with E-state index in [0.29, 0.717) is 19.8 Å². The number of rotatable bonds is 4. The molecule has 96 valence electrons. The molecule has 0 radical (unpaired) electrons. The first-order valence-electron chi connectivity index (χ1n) is 5.66. The molecule has 1 N–H and O–H groups in total. The monoisotopic (exact) mass is 250 g/mol. The Bertz CT molecular complexity index is 672. The van der Waals surface area contributed by atoms with Crippen molar-refractivity contribution in [3.63, 3.8) is 0 Å². The molecule has 0 aromatic carbocycles. The molecule has 0 bridgehead atoms. The Morgan fingerprint density at radius 1 is 1.28 bits per heavy atom. The predicted octanol–water partition coefficient (Wildman–Crippen LogP) is 0.203. The molecule has 6 nitrogen and oxygen atoms in total. The topological polar surface area (TPSA) is 72.9 Å². The summed E-state index contributed by atoms with van der Waals surface area (Å²) in [5, 5.41) is 9.66. The van der Waals surface area contributed by atoms with Crippen molar-refractivity contribution in [3.8, 4) is 5.75 Å². The fraction of sp³-hybridized carbons (Fsp3) is 0.333. The van der Waals surface area contributed by atoms with E-state index in [1.165, 1.54) is 21.2 Å². The van der Waals surface area contributed by atoms with Crippen LogP contribution in [0.15, 0.2) is 34.2 Å². The van der Waals surface area contributed by atoms with Crippen LogP contribution >= 0.6 is 0 Å². The molecule has 0 saturated heterocycles. The summed E-state index contributed by atoms with van der Waals surface area (Å²) in [5.74, 6) is -0.520. The van der Waals surface area contributed by atoms with Crippen molar-refractivity contribution in [1.29, 1.82) is 0 Å². The Labute approximate surface area is 103 Å². The van der Waals surface area contributed by atoms with Gasteiger partial charge in [0.15, 0.2) is 11.3 Å². The van der Waals surface area contributed by atoms with Crippen LogP contribution in [-0.2, 0) is 11.3 Å². The van der Waals surface area contributed by atoms with Crippen molar-refractivity contribution in [1.82, 2.24) is 8.97 Å². The highest BCUT2D eigenvalue weighted by molar-refractivity contribution is 5.56. The second-order valence-corrected chi connectivity index (χ2v) is 3.78. The number of aromatic nitrogens is 2. The van der Waals surface area contributed by atoms with Gasteiger partial charge in [-0.2, -0.15) is 0 Å². The summed E-state index contributed by atoms with van der Waals surface area (Å²) in [4.78, 5) is 23.4. The molecule has 0 atom stereocenters. The van der Waals surface area contributed by atoms with E-state index < -0.39 is 16.7 Å².